The monoisotopic (exact) mass is 427 g/mol. The molecule has 1 saturated heterocycles. The van der Waals surface area contributed by atoms with Gasteiger partial charge in [-0.1, -0.05) is 18.6 Å². The van der Waals surface area contributed by atoms with Gasteiger partial charge in [-0.3, -0.25) is 9.78 Å². The molecular formula is C23H29N3O3S. The lowest BCUT2D eigenvalue weighted by atomic mass is 9.86. The van der Waals surface area contributed by atoms with Crippen molar-refractivity contribution in [1.29, 1.82) is 0 Å². The van der Waals surface area contributed by atoms with Crippen molar-refractivity contribution in [2.45, 2.75) is 43.9 Å². The van der Waals surface area contributed by atoms with Gasteiger partial charge in [0.05, 0.1) is 5.52 Å². The quantitative estimate of drug-likeness (QED) is 0.751. The Hall–Kier alpha value is -1.99. The third-order valence-electron chi connectivity index (χ3n) is 7.34. The maximum Gasteiger partial charge on any atom is 0.245 e. The number of pyridine rings is 1. The van der Waals surface area contributed by atoms with Crippen molar-refractivity contribution in [3.63, 3.8) is 0 Å². The van der Waals surface area contributed by atoms with Crippen molar-refractivity contribution in [3.8, 4) is 0 Å². The molecule has 5 rings (SSSR count). The fraction of sp³-hybridized carbons (Fsp3) is 0.565. The number of para-hydroxylation sites is 1. The highest BCUT2D eigenvalue weighted by Crippen LogP contribution is 2.49. The van der Waals surface area contributed by atoms with Crippen LogP contribution < -0.4 is 0 Å². The summed E-state index contributed by atoms with van der Waals surface area (Å²) < 4.78 is 28.1. The van der Waals surface area contributed by atoms with E-state index in [9.17, 15) is 13.2 Å². The summed E-state index contributed by atoms with van der Waals surface area (Å²) in [5.74, 6) is 2.33. The zero-order valence-electron chi connectivity index (χ0n) is 17.5. The zero-order chi connectivity index (χ0) is 20.9. The van der Waals surface area contributed by atoms with Crippen molar-refractivity contribution >= 4 is 26.8 Å². The van der Waals surface area contributed by atoms with Crippen LogP contribution in [0.4, 0.5) is 0 Å². The third kappa shape index (κ3) is 3.52. The summed E-state index contributed by atoms with van der Waals surface area (Å²) in [6, 6.07) is 7.24. The van der Waals surface area contributed by atoms with Gasteiger partial charge in [-0.15, -0.1) is 0 Å². The molecule has 3 fully saturated rings. The molecule has 6 nitrogen and oxygen atoms in total. The number of sulfonamides is 1. The van der Waals surface area contributed by atoms with Gasteiger partial charge in [0.15, 0.2) is 0 Å². The van der Waals surface area contributed by atoms with Crippen LogP contribution in [0.15, 0.2) is 35.4 Å². The van der Waals surface area contributed by atoms with Gasteiger partial charge in [-0.05, 0) is 61.6 Å². The minimum atomic E-state index is -3.65. The molecule has 2 aromatic rings. The number of amides is 1. The first-order valence-corrected chi connectivity index (χ1v) is 12.5. The Morgan fingerprint density at radius 3 is 2.63 bits per heavy atom. The number of carbonyl (C=O) groups is 1. The summed E-state index contributed by atoms with van der Waals surface area (Å²) in [7, 11) is -3.65. The van der Waals surface area contributed by atoms with Crippen LogP contribution in [-0.4, -0.2) is 54.7 Å². The maximum atomic E-state index is 13.3. The number of fused-ring (bicyclic) bond motifs is 3. The highest BCUT2D eigenvalue weighted by atomic mass is 32.2. The summed E-state index contributed by atoms with van der Waals surface area (Å²) in [4.78, 5) is 19.3. The molecule has 2 aliphatic carbocycles. The summed E-state index contributed by atoms with van der Waals surface area (Å²) in [5, 5.41) is 0.829. The van der Waals surface area contributed by atoms with Crippen molar-refractivity contribution in [2.75, 3.05) is 26.2 Å². The van der Waals surface area contributed by atoms with E-state index in [1.807, 2.05) is 24.0 Å². The molecule has 160 valence electrons. The van der Waals surface area contributed by atoms with Gasteiger partial charge in [0.2, 0.25) is 15.9 Å². The Morgan fingerprint density at radius 2 is 1.93 bits per heavy atom. The standard InChI is InChI=1S/C23H29N3O3S/c1-16-11-19-3-2-4-21(23(19)24-15-16)30(28,29)26-9-7-25(8-10-26)22(27)14-20-13-17-5-6-18(20)12-17/h2-4,11,15,17-18,20H,5-10,12-14H2,1H3. The molecule has 0 spiro atoms. The van der Waals surface area contributed by atoms with E-state index in [2.05, 4.69) is 4.98 Å². The molecule has 1 aromatic heterocycles. The van der Waals surface area contributed by atoms with Crippen LogP contribution in [0.25, 0.3) is 10.9 Å². The van der Waals surface area contributed by atoms with Crippen molar-refractivity contribution in [2.24, 2.45) is 17.8 Å². The number of hydrogen-bond donors (Lipinski definition) is 0. The van der Waals surface area contributed by atoms with Gasteiger partial charge < -0.3 is 4.90 Å². The highest BCUT2D eigenvalue weighted by molar-refractivity contribution is 7.89. The molecule has 2 bridgehead atoms. The summed E-state index contributed by atoms with van der Waals surface area (Å²) in [5.41, 5.74) is 1.51. The molecule has 2 heterocycles. The average Bonchev–Trinajstić information content (AvgIpc) is 3.36. The first-order valence-electron chi connectivity index (χ1n) is 11.0. The SMILES string of the molecule is Cc1cnc2c(S(=O)(=O)N3CCN(C(=O)CC4CC5CCC4C5)CC3)cccc2c1. The number of carbonyl (C=O) groups excluding carboxylic acids is 1. The number of piperazine rings is 1. The lowest BCUT2D eigenvalue weighted by Crippen LogP contribution is -2.50. The Balaban J connectivity index is 1.26. The van der Waals surface area contributed by atoms with Crippen molar-refractivity contribution in [3.05, 3.63) is 36.0 Å². The second-order valence-electron chi connectivity index (χ2n) is 9.26. The molecule has 0 radical (unpaired) electrons. The summed E-state index contributed by atoms with van der Waals surface area (Å²) in [6.07, 6.45) is 7.48. The van der Waals surface area contributed by atoms with Crippen LogP contribution in [0.1, 0.15) is 37.7 Å². The average molecular weight is 428 g/mol. The van der Waals surface area contributed by atoms with Gasteiger partial charge in [0, 0.05) is 44.2 Å². The van der Waals surface area contributed by atoms with Crippen LogP contribution in [0.3, 0.4) is 0 Å². The number of rotatable bonds is 4. The van der Waals surface area contributed by atoms with E-state index < -0.39 is 10.0 Å². The first kappa shape index (κ1) is 19.9. The fourth-order valence-electron chi connectivity index (χ4n) is 5.75. The fourth-order valence-corrected chi connectivity index (χ4v) is 7.34. The van der Waals surface area contributed by atoms with E-state index in [-0.39, 0.29) is 10.8 Å². The Labute approximate surface area is 178 Å². The molecule has 7 heteroatoms. The predicted molar refractivity (Wildman–Crippen MR) is 115 cm³/mol. The lowest BCUT2D eigenvalue weighted by molar-refractivity contribution is -0.133. The highest BCUT2D eigenvalue weighted by Gasteiger charge is 2.41. The minimum Gasteiger partial charge on any atom is -0.340 e. The minimum absolute atomic E-state index is 0.201. The van der Waals surface area contributed by atoms with Crippen LogP contribution >= 0.6 is 0 Å². The van der Waals surface area contributed by atoms with Gasteiger partial charge in [-0.2, -0.15) is 4.31 Å². The van der Waals surface area contributed by atoms with Crippen LogP contribution in [0.5, 0.6) is 0 Å². The Kier molecular flexibility index (Phi) is 5.06. The molecule has 3 unspecified atom stereocenters. The second-order valence-corrected chi connectivity index (χ2v) is 11.2. The number of benzene rings is 1. The lowest BCUT2D eigenvalue weighted by Gasteiger charge is -2.35. The zero-order valence-corrected chi connectivity index (χ0v) is 18.3. The molecule has 1 aliphatic heterocycles. The molecular weight excluding hydrogens is 398 g/mol. The molecule has 0 N–H and O–H groups in total. The summed E-state index contributed by atoms with van der Waals surface area (Å²) in [6.45, 7) is 3.56. The van der Waals surface area contributed by atoms with Crippen LogP contribution in [0.2, 0.25) is 0 Å². The molecule has 30 heavy (non-hydrogen) atoms. The van der Waals surface area contributed by atoms with Gasteiger partial charge in [0.1, 0.15) is 4.90 Å². The van der Waals surface area contributed by atoms with E-state index in [4.69, 9.17) is 0 Å². The molecule has 1 amide bonds. The molecule has 3 aliphatic rings. The van der Waals surface area contributed by atoms with Gasteiger partial charge in [0.25, 0.3) is 0 Å². The van der Waals surface area contributed by atoms with E-state index in [0.717, 1.165) is 22.8 Å². The molecule has 3 atom stereocenters. The second kappa shape index (κ2) is 7.61. The van der Waals surface area contributed by atoms with E-state index >= 15 is 0 Å². The first-order chi connectivity index (χ1) is 14.4. The van der Waals surface area contributed by atoms with E-state index in [0.29, 0.717) is 44.0 Å². The normalized spacial score (nSPS) is 27.1. The number of aryl methyl sites for hydroxylation is 1. The van der Waals surface area contributed by atoms with E-state index in [1.165, 1.54) is 30.0 Å². The molecule has 2 saturated carbocycles. The Bertz CT molecular complexity index is 1080. The number of aromatic nitrogens is 1. The smallest absolute Gasteiger partial charge is 0.245 e. The number of nitrogens with zero attached hydrogens (tertiary/aromatic N) is 3. The maximum absolute atomic E-state index is 13.3. The van der Waals surface area contributed by atoms with Crippen LogP contribution in [-0.2, 0) is 14.8 Å². The Morgan fingerprint density at radius 1 is 1.13 bits per heavy atom. The van der Waals surface area contributed by atoms with Crippen molar-refractivity contribution < 1.29 is 13.2 Å². The van der Waals surface area contributed by atoms with Gasteiger partial charge in [-0.25, -0.2) is 8.42 Å². The van der Waals surface area contributed by atoms with Crippen molar-refractivity contribution in [1.82, 2.24) is 14.2 Å². The largest absolute Gasteiger partial charge is 0.340 e. The number of hydrogen-bond acceptors (Lipinski definition) is 4. The van der Waals surface area contributed by atoms with Crippen LogP contribution in [0, 0.1) is 24.7 Å². The molecule has 1 aromatic carbocycles. The topological polar surface area (TPSA) is 70.6 Å². The van der Waals surface area contributed by atoms with E-state index in [1.54, 1.807) is 18.3 Å². The third-order valence-corrected chi connectivity index (χ3v) is 9.27. The predicted octanol–water partition coefficient (Wildman–Crippen LogP) is 3.20. The summed E-state index contributed by atoms with van der Waals surface area (Å²) >= 11 is 0. The van der Waals surface area contributed by atoms with Gasteiger partial charge >= 0.3 is 0 Å².